The quantitative estimate of drug-likeness (QED) is 0.877. The van der Waals surface area contributed by atoms with Crippen LogP contribution < -0.4 is 10.2 Å². The summed E-state index contributed by atoms with van der Waals surface area (Å²) in [6.07, 6.45) is 8.09. The SMILES string of the molecule is CCCCN(C)c1nc(C)cc(C(=O)NC2CCCCC2)n1. The van der Waals surface area contributed by atoms with Crippen molar-refractivity contribution in [2.24, 2.45) is 0 Å². The molecule has 5 nitrogen and oxygen atoms in total. The summed E-state index contributed by atoms with van der Waals surface area (Å²) in [5.74, 6) is 0.574. The third kappa shape index (κ3) is 4.68. The summed E-state index contributed by atoms with van der Waals surface area (Å²) < 4.78 is 0. The number of nitrogens with one attached hydrogen (secondary N) is 1. The average Bonchev–Trinajstić information content (AvgIpc) is 2.53. The molecule has 0 saturated heterocycles. The van der Waals surface area contributed by atoms with Gasteiger partial charge < -0.3 is 10.2 Å². The van der Waals surface area contributed by atoms with E-state index in [0.717, 1.165) is 37.9 Å². The molecule has 0 unspecified atom stereocenters. The predicted molar refractivity (Wildman–Crippen MR) is 89.3 cm³/mol. The number of carbonyl (C=O) groups is 1. The summed E-state index contributed by atoms with van der Waals surface area (Å²) >= 11 is 0. The van der Waals surface area contributed by atoms with Gasteiger partial charge in [-0.25, -0.2) is 9.97 Å². The standard InChI is InChI=1S/C17H28N4O/c1-4-5-11-21(3)17-18-13(2)12-15(20-17)16(22)19-14-9-7-6-8-10-14/h12,14H,4-11H2,1-3H3,(H,19,22). The lowest BCUT2D eigenvalue weighted by Crippen LogP contribution is -2.37. The smallest absolute Gasteiger partial charge is 0.270 e. The summed E-state index contributed by atoms with van der Waals surface area (Å²) in [4.78, 5) is 23.4. The monoisotopic (exact) mass is 304 g/mol. The van der Waals surface area contributed by atoms with Crippen molar-refractivity contribution in [1.29, 1.82) is 0 Å². The Labute approximate surface area is 133 Å². The van der Waals surface area contributed by atoms with Gasteiger partial charge in [0.2, 0.25) is 5.95 Å². The van der Waals surface area contributed by atoms with Crippen molar-refractivity contribution in [3.63, 3.8) is 0 Å². The van der Waals surface area contributed by atoms with Crippen molar-refractivity contribution >= 4 is 11.9 Å². The molecule has 0 spiro atoms. The van der Waals surface area contributed by atoms with Gasteiger partial charge >= 0.3 is 0 Å². The van der Waals surface area contributed by atoms with Crippen LogP contribution in [0.3, 0.4) is 0 Å². The average molecular weight is 304 g/mol. The Morgan fingerprint density at radius 1 is 1.32 bits per heavy atom. The van der Waals surface area contributed by atoms with Crippen LogP contribution in [0.5, 0.6) is 0 Å². The van der Waals surface area contributed by atoms with Crippen LogP contribution in [0.4, 0.5) is 5.95 Å². The molecule has 0 aliphatic heterocycles. The Bertz CT molecular complexity index is 497. The van der Waals surface area contributed by atoms with Gasteiger partial charge in [-0.15, -0.1) is 0 Å². The summed E-state index contributed by atoms with van der Waals surface area (Å²) in [7, 11) is 1.98. The molecule has 0 atom stereocenters. The van der Waals surface area contributed by atoms with Crippen LogP contribution >= 0.6 is 0 Å². The number of unbranched alkanes of at least 4 members (excludes halogenated alkanes) is 1. The van der Waals surface area contributed by atoms with Crippen molar-refractivity contribution < 1.29 is 4.79 Å². The van der Waals surface area contributed by atoms with Gasteiger partial charge in [0.25, 0.3) is 5.91 Å². The van der Waals surface area contributed by atoms with Crippen LogP contribution in [0.15, 0.2) is 6.07 Å². The second-order valence-corrected chi connectivity index (χ2v) is 6.28. The van der Waals surface area contributed by atoms with E-state index in [4.69, 9.17) is 0 Å². The summed E-state index contributed by atoms with van der Waals surface area (Å²) in [6.45, 7) is 4.98. The number of aromatic nitrogens is 2. The molecule has 1 heterocycles. The third-order valence-corrected chi connectivity index (χ3v) is 4.20. The molecule has 0 radical (unpaired) electrons. The van der Waals surface area contributed by atoms with E-state index in [1.165, 1.54) is 19.3 Å². The number of hydrogen-bond acceptors (Lipinski definition) is 4. The Morgan fingerprint density at radius 3 is 2.73 bits per heavy atom. The van der Waals surface area contributed by atoms with Crippen molar-refractivity contribution in [2.75, 3.05) is 18.5 Å². The molecule has 1 saturated carbocycles. The lowest BCUT2D eigenvalue weighted by molar-refractivity contribution is 0.0922. The van der Waals surface area contributed by atoms with Gasteiger partial charge in [0.15, 0.2) is 0 Å². The number of carbonyl (C=O) groups excluding carboxylic acids is 1. The van der Waals surface area contributed by atoms with E-state index in [0.29, 0.717) is 17.7 Å². The molecule has 1 aliphatic carbocycles. The van der Waals surface area contributed by atoms with Gasteiger partial charge in [0, 0.05) is 25.3 Å². The molecule has 1 fully saturated rings. The number of anilines is 1. The van der Waals surface area contributed by atoms with Crippen LogP contribution in [-0.2, 0) is 0 Å². The zero-order chi connectivity index (χ0) is 15.9. The zero-order valence-corrected chi connectivity index (χ0v) is 14.1. The van der Waals surface area contributed by atoms with E-state index in [1.807, 2.05) is 18.9 Å². The first-order chi connectivity index (χ1) is 10.6. The number of rotatable bonds is 6. The van der Waals surface area contributed by atoms with E-state index in [2.05, 4.69) is 22.2 Å². The number of hydrogen-bond donors (Lipinski definition) is 1. The molecule has 1 N–H and O–H groups in total. The van der Waals surface area contributed by atoms with Gasteiger partial charge in [-0.05, 0) is 32.3 Å². The Kier molecular flexibility index (Phi) is 6.16. The van der Waals surface area contributed by atoms with E-state index in [-0.39, 0.29) is 5.91 Å². The molecule has 22 heavy (non-hydrogen) atoms. The Balaban J connectivity index is 2.05. The maximum Gasteiger partial charge on any atom is 0.270 e. The first-order valence-electron chi connectivity index (χ1n) is 8.48. The molecule has 0 aromatic carbocycles. The van der Waals surface area contributed by atoms with E-state index in [1.54, 1.807) is 6.07 Å². The van der Waals surface area contributed by atoms with Gasteiger partial charge in [0.05, 0.1) is 0 Å². The maximum atomic E-state index is 12.4. The van der Waals surface area contributed by atoms with Crippen molar-refractivity contribution in [3.05, 3.63) is 17.5 Å². The van der Waals surface area contributed by atoms with Crippen LogP contribution in [0.25, 0.3) is 0 Å². The highest BCUT2D eigenvalue weighted by Crippen LogP contribution is 2.18. The molecular weight excluding hydrogens is 276 g/mol. The number of nitrogens with zero attached hydrogens (tertiary/aromatic N) is 3. The molecule has 1 amide bonds. The predicted octanol–water partition coefficient (Wildman–Crippen LogP) is 3.08. The lowest BCUT2D eigenvalue weighted by atomic mass is 9.95. The van der Waals surface area contributed by atoms with Gasteiger partial charge in [-0.2, -0.15) is 0 Å². The van der Waals surface area contributed by atoms with E-state index < -0.39 is 0 Å². The molecule has 0 bridgehead atoms. The minimum Gasteiger partial charge on any atom is -0.348 e. The van der Waals surface area contributed by atoms with Crippen LogP contribution in [-0.4, -0.2) is 35.5 Å². The van der Waals surface area contributed by atoms with Crippen LogP contribution in [0.1, 0.15) is 68.1 Å². The second-order valence-electron chi connectivity index (χ2n) is 6.28. The molecule has 1 aromatic heterocycles. The van der Waals surface area contributed by atoms with Crippen molar-refractivity contribution in [3.8, 4) is 0 Å². The van der Waals surface area contributed by atoms with Crippen molar-refractivity contribution in [1.82, 2.24) is 15.3 Å². The highest BCUT2D eigenvalue weighted by Gasteiger charge is 2.18. The fourth-order valence-electron chi connectivity index (χ4n) is 2.84. The fourth-order valence-corrected chi connectivity index (χ4v) is 2.84. The lowest BCUT2D eigenvalue weighted by Gasteiger charge is -2.23. The van der Waals surface area contributed by atoms with Gasteiger partial charge in [0.1, 0.15) is 5.69 Å². The van der Waals surface area contributed by atoms with Crippen LogP contribution in [0.2, 0.25) is 0 Å². The van der Waals surface area contributed by atoms with Crippen molar-refractivity contribution in [2.45, 2.75) is 64.8 Å². The number of aryl methyl sites for hydroxylation is 1. The topological polar surface area (TPSA) is 58.1 Å². The molecular formula is C17H28N4O. The normalized spacial score (nSPS) is 15.6. The van der Waals surface area contributed by atoms with Gasteiger partial charge in [-0.1, -0.05) is 32.6 Å². The first-order valence-corrected chi connectivity index (χ1v) is 8.48. The first kappa shape index (κ1) is 16.7. The second kappa shape index (κ2) is 8.11. The molecule has 5 heteroatoms. The van der Waals surface area contributed by atoms with Gasteiger partial charge in [-0.3, -0.25) is 4.79 Å². The molecule has 1 aromatic rings. The van der Waals surface area contributed by atoms with Crippen LogP contribution in [0, 0.1) is 6.92 Å². The minimum absolute atomic E-state index is 0.0671. The summed E-state index contributed by atoms with van der Waals surface area (Å²) in [5.41, 5.74) is 1.32. The number of amides is 1. The minimum atomic E-state index is -0.0671. The molecule has 122 valence electrons. The summed E-state index contributed by atoms with van der Waals surface area (Å²) in [6, 6.07) is 2.08. The largest absolute Gasteiger partial charge is 0.348 e. The van der Waals surface area contributed by atoms with E-state index in [9.17, 15) is 4.79 Å². The highest BCUT2D eigenvalue weighted by molar-refractivity contribution is 5.92. The fraction of sp³-hybridized carbons (Fsp3) is 0.706. The zero-order valence-electron chi connectivity index (χ0n) is 14.1. The Morgan fingerprint density at radius 2 is 2.05 bits per heavy atom. The highest BCUT2D eigenvalue weighted by atomic mass is 16.1. The van der Waals surface area contributed by atoms with E-state index >= 15 is 0 Å². The summed E-state index contributed by atoms with van der Waals surface area (Å²) in [5, 5.41) is 3.12. The third-order valence-electron chi connectivity index (χ3n) is 4.20. The molecule has 2 rings (SSSR count). The maximum absolute atomic E-state index is 12.4. The molecule has 1 aliphatic rings. The Hall–Kier alpha value is -1.65.